The average Bonchev–Trinajstić information content (AvgIpc) is 3.06. The smallest absolute Gasteiger partial charge is 0.267 e. The summed E-state index contributed by atoms with van der Waals surface area (Å²) in [6.07, 6.45) is 0.662. The first kappa shape index (κ1) is 22.1. The molecule has 4 nitrogen and oxygen atoms in total. The number of likely N-dealkylation sites (tertiary alicyclic amines) is 1. The third-order valence-electron chi connectivity index (χ3n) is 6.01. The van der Waals surface area contributed by atoms with Gasteiger partial charge in [-0.15, -0.1) is 0 Å². The highest BCUT2D eigenvalue weighted by Crippen LogP contribution is 2.42. The van der Waals surface area contributed by atoms with Crippen LogP contribution in [-0.2, 0) is 4.79 Å². The molecule has 30 heavy (non-hydrogen) atoms. The largest absolute Gasteiger partial charge is 0.508 e. The maximum Gasteiger partial charge on any atom is 0.267 e. The lowest BCUT2D eigenvalue weighted by Gasteiger charge is -2.40. The highest BCUT2D eigenvalue weighted by Gasteiger charge is 2.49. The van der Waals surface area contributed by atoms with Crippen LogP contribution < -0.4 is 4.90 Å². The fourth-order valence-corrected chi connectivity index (χ4v) is 4.36. The van der Waals surface area contributed by atoms with Crippen molar-refractivity contribution in [2.75, 3.05) is 24.5 Å². The van der Waals surface area contributed by atoms with Gasteiger partial charge in [0.05, 0.1) is 18.5 Å². The Morgan fingerprint density at radius 2 is 1.77 bits per heavy atom. The van der Waals surface area contributed by atoms with Crippen LogP contribution >= 0.6 is 0 Å². The van der Waals surface area contributed by atoms with Crippen molar-refractivity contribution in [2.24, 2.45) is 0 Å². The zero-order valence-corrected chi connectivity index (χ0v) is 16.5. The Morgan fingerprint density at radius 3 is 2.40 bits per heavy atom. The molecule has 0 aliphatic carbocycles. The standard InChI is InChI=1S/C22H23F3N2O2.FH/c1-14-2-5-16(12-19(14)23)27-11-9-20(21(27)29)26-10-8-18(22(24,25)13-26)15-3-6-17(28)7-4-15;/h2-7,12,18,20,28H,8-11,13H2,1H3;1H. The van der Waals surface area contributed by atoms with Crippen molar-refractivity contribution in [3.05, 3.63) is 59.4 Å². The Morgan fingerprint density at radius 1 is 1.07 bits per heavy atom. The number of piperidine rings is 1. The number of aromatic hydroxyl groups is 1. The van der Waals surface area contributed by atoms with E-state index in [4.69, 9.17) is 0 Å². The second-order valence-electron chi connectivity index (χ2n) is 7.89. The van der Waals surface area contributed by atoms with Gasteiger partial charge in [-0.2, -0.15) is 0 Å². The van der Waals surface area contributed by atoms with Gasteiger partial charge < -0.3 is 10.0 Å². The fourth-order valence-electron chi connectivity index (χ4n) is 4.36. The lowest BCUT2D eigenvalue weighted by Crippen LogP contribution is -2.53. The van der Waals surface area contributed by atoms with Gasteiger partial charge in [-0.05, 0) is 61.7 Å². The molecule has 2 atom stereocenters. The second-order valence-corrected chi connectivity index (χ2v) is 7.89. The quantitative estimate of drug-likeness (QED) is 0.751. The summed E-state index contributed by atoms with van der Waals surface area (Å²) < 4.78 is 43.7. The lowest BCUT2D eigenvalue weighted by molar-refractivity contribution is -0.128. The number of amides is 1. The molecule has 4 rings (SSSR count). The Kier molecular flexibility index (Phi) is 6.08. The van der Waals surface area contributed by atoms with Crippen molar-refractivity contribution in [1.82, 2.24) is 4.90 Å². The number of carbonyl (C=O) groups excluding carboxylic acids is 1. The summed E-state index contributed by atoms with van der Waals surface area (Å²) >= 11 is 0. The number of carbonyl (C=O) groups is 1. The van der Waals surface area contributed by atoms with Crippen molar-refractivity contribution in [1.29, 1.82) is 0 Å². The summed E-state index contributed by atoms with van der Waals surface area (Å²) in [4.78, 5) is 15.9. The monoisotopic (exact) mass is 424 g/mol. The summed E-state index contributed by atoms with van der Waals surface area (Å²) in [6, 6.07) is 9.88. The van der Waals surface area contributed by atoms with Crippen LogP contribution in [0.1, 0.15) is 29.9 Å². The molecule has 2 aliphatic heterocycles. The number of aryl methyl sites for hydroxylation is 1. The predicted octanol–water partition coefficient (Wildman–Crippen LogP) is 4.22. The van der Waals surface area contributed by atoms with Crippen LogP contribution in [-0.4, -0.2) is 47.5 Å². The molecular formula is C22H24F4N2O2. The Labute approximate surface area is 172 Å². The van der Waals surface area contributed by atoms with Crippen LogP contribution in [0.2, 0.25) is 0 Å². The van der Waals surface area contributed by atoms with E-state index >= 15 is 0 Å². The van der Waals surface area contributed by atoms with Crippen LogP contribution in [0.4, 0.5) is 23.6 Å². The Balaban J connectivity index is 0.00000256. The molecule has 2 aliphatic rings. The number of hydrogen-bond donors (Lipinski definition) is 1. The van der Waals surface area contributed by atoms with Crippen LogP contribution in [0.3, 0.4) is 0 Å². The van der Waals surface area contributed by atoms with E-state index in [-0.39, 0.29) is 28.6 Å². The van der Waals surface area contributed by atoms with E-state index in [0.717, 1.165) is 0 Å². The first-order chi connectivity index (χ1) is 13.8. The van der Waals surface area contributed by atoms with Gasteiger partial charge in [0.1, 0.15) is 11.6 Å². The summed E-state index contributed by atoms with van der Waals surface area (Å²) in [7, 11) is 0. The minimum absolute atomic E-state index is 0. The molecule has 0 aromatic heterocycles. The summed E-state index contributed by atoms with van der Waals surface area (Å²) in [5.74, 6) is -4.54. The number of phenols is 1. The third kappa shape index (κ3) is 4.01. The number of anilines is 1. The molecule has 1 amide bonds. The van der Waals surface area contributed by atoms with E-state index in [1.54, 1.807) is 24.0 Å². The summed E-state index contributed by atoms with van der Waals surface area (Å²) in [5, 5.41) is 9.39. The van der Waals surface area contributed by atoms with Gasteiger partial charge in [0.2, 0.25) is 5.91 Å². The number of nitrogens with zero attached hydrogens (tertiary/aromatic N) is 2. The topological polar surface area (TPSA) is 43.8 Å². The molecule has 162 valence electrons. The maximum atomic E-state index is 14.9. The van der Waals surface area contributed by atoms with Gasteiger partial charge in [0.15, 0.2) is 0 Å². The lowest BCUT2D eigenvalue weighted by atomic mass is 9.85. The van der Waals surface area contributed by atoms with Crippen molar-refractivity contribution >= 4 is 11.6 Å². The first-order valence-corrected chi connectivity index (χ1v) is 9.74. The molecule has 2 aromatic rings. The minimum atomic E-state index is -2.99. The van der Waals surface area contributed by atoms with E-state index in [2.05, 4.69) is 0 Å². The molecule has 0 saturated carbocycles. The van der Waals surface area contributed by atoms with Gasteiger partial charge in [0.25, 0.3) is 5.92 Å². The van der Waals surface area contributed by atoms with Crippen molar-refractivity contribution in [3.63, 3.8) is 0 Å². The average molecular weight is 424 g/mol. The van der Waals surface area contributed by atoms with E-state index in [1.807, 2.05) is 0 Å². The van der Waals surface area contributed by atoms with Gasteiger partial charge in [0, 0.05) is 12.2 Å². The van der Waals surface area contributed by atoms with Gasteiger partial charge >= 0.3 is 0 Å². The number of halogens is 4. The van der Waals surface area contributed by atoms with E-state index < -0.39 is 24.4 Å². The van der Waals surface area contributed by atoms with Crippen LogP contribution in [0.5, 0.6) is 5.75 Å². The summed E-state index contributed by atoms with van der Waals surface area (Å²) in [5.41, 5.74) is 1.45. The molecule has 2 heterocycles. The van der Waals surface area contributed by atoms with Crippen molar-refractivity contribution < 1.29 is 27.8 Å². The number of hydrogen-bond acceptors (Lipinski definition) is 3. The molecule has 2 unspecified atom stereocenters. The molecule has 1 N–H and O–H groups in total. The predicted molar refractivity (Wildman–Crippen MR) is 106 cm³/mol. The molecule has 2 saturated heterocycles. The van der Waals surface area contributed by atoms with Crippen LogP contribution in [0, 0.1) is 12.7 Å². The van der Waals surface area contributed by atoms with E-state index in [9.17, 15) is 23.1 Å². The van der Waals surface area contributed by atoms with Crippen LogP contribution in [0.25, 0.3) is 0 Å². The first-order valence-electron chi connectivity index (χ1n) is 9.74. The zero-order valence-electron chi connectivity index (χ0n) is 16.5. The minimum Gasteiger partial charge on any atom is -0.508 e. The zero-order chi connectivity index (χ0) is 20.8. The van der Waals surface area contributed by atoms with Crippen molar-refractivity contribution in [3.8, 4) is 5.75 Å². The third-order valence-corrected chi connectivity index (χ3v) is 6.01. The number of phenolic OH excluding ortho intramolecular Hbond substituents is 1. The van der Waals surface area contributed by atoms with Gasteiger partial charge in [-0.1, -0.05) is 18.2 Å². The second kappa shape index (κ2) is 8.26. The Bertz CT molecular complexity index is 920. The number of rotatable bonds is 3. The van der Waals surface area contributed by atoms with Crippen LogP contribution in [0.15, 0.2) is 42.5 Å². The van der Waals surface area contributed by atoms with Gasteiger partial charge in [-0.3, -0.25) is 14.4 Å². The maximum absolute atomic E-state index is 14.9. The highest BCUT2D eigenvalue weighted by molar-refractivity contribution is 5.99. The summed E-state index contributed by atoms with van der Waals surface area (Å²) in [6.45, 7) is 1.92. The molecular weight excluding hydrogens is 400 g/mol. The molecule has 0 radical (unpaired) electrons. The molecule has 0 bridgehead atoms. The molecule has 2 fully saturated rings. The SMILES string of the molecule is Cc1ccc(N2CCC(N3CCC(c4ccc(O)cc4)C(F)(F)C3)C2=O)cc1F.F. The number of benzene rings is 2. The number of alkyl halides is 2. The normalized spacial score (nSPS) is 24.0. The fraction of sp³-hybridized carbons (Fsp3) is 0.409. The van der Waals surface area contributed by atoms with Crippen molar-refractivity contribution in [2.45, 2.75) is 37.6 Å². The molecule has 8 heteroatoms. The highest BCUT2D eigenvalue weighted by atomic mass is 19.3. The molecule has 0 spiro atoms. The Hall–Kier alpha value is -2.61. The molecule has 2 aromatic carbocycles. The van der Waals surface area contributed by atoms with E-state index in [0.29, 0.717) is 36.3 Å². The van der Waals surface area contributed by atoms with E-state index in [1.165, 1.54) is 35.2 Å². The van der Waals surface area contributed by atoms with Gasteiger partial charge in [-0.25, -0.2) is 13.2 Å².